The van der Waals surface area contributed by atoms with E-state index < -0.39 is 0 Å². The summed E-state index contributed by atoms with van der Waals surface area (Å²) in [5.41, 5.74) is 0. The van der Waals surface area contributed by atoms with Gasteiger partial charge in [-0.15, -0.1) is 0 Å². The Morgan fingerprint density at radius 2 is 2.50 bits per heavy atom. The zero-order chi connectivity index (χ0) is 7.40. The molecule has 2 atom stereocenters. The first-order chi connectivity index (χ1) is 4.83. The van der Waals surface area contributed by atoms with Crippen molar-refractivity contribution < 1.29 is 9.47 Å². The van der Waals surface area contributed by atoms with E-state index in [4.69, 9.17) is 9.47 Å². The van der Waals surface area contributed by atoms with Crippen LogP contribution in [0.1, 0.15) is 0 Å². The van der Waals surface area contributed by atoms with Gasteiger partial charge in [-0.1, -0.05) is 0 Å². The molecule has 0 spiro atoms. The molecule has 3 nitrogen and oxygen atoms in total. The predicted molar refractivity (Wildman–Crippen MR) is 42.0 cm³/mol. The minimum absolute atomic E-state index is 0.244. The van der Waals surface area contributed by atoms with Gasteiger partial charge in [0.15, 0.2) is 0 Å². The maximum absolute atomic E-state index is 5.54. The fourth-order valence-electron chi connectivity index (χ4n) is 1.16. The van der Waals surface area contributed by atoms with E-state index in [1.807, 2.05) is 0 Å². The lowest BCUT2D eigenvalue weighted by Gasteiger charge is -2.28. The highest BCUT2D eigenvalue weighted by Crippen LogP contribution is 2.00. The second-order valence-electron chi connectivity index (χ2n) is 2.68. The lowest BCUT2D eigenvalue weighted by molar-refractivity contribution is -0.0363. The molecule has 1 aliphatic rings. The Morgan fingerprint density at radius 1 is 1.70 bits per heavy atom. The van der Waals surface area contributed by atoms with Crippen LogP contribution in [0.4, 0.5) is 0 Å². The molecule has 10 heavy (non-hydrogen) atoms. The monoisotopic (exact) mass is 143 g/mol. The minimum Gasteiger partial charge on any atom is -0.382 e. The number of hydrogen-bond acceptors (Lipinski definition) is 3. The van der Waals surface area contributed by atoms with Crippen molar-refractivity contribution in [2.75, 3.05) is 26.8 Å². The number of ether oxygens (including phenoxy) is 2. The maximum atomic E-state index is 5.54. The van der Waals surface area contributed by atoms with E-state index in [0.29, 0.717) is 12.6 Å². The molecule has 0 radical (unpaired) electrons. The lowest BCUT2D eigenvalue weighted by atomic mass is 9.98. The van der Waals surface area contributed by atoms with E-state index in [1.54, 1.807) is 7.11 Å². The molecule has 0 bridgehead atoms. The van der Waals surface area contributed by atoms with E-state index in [-0.39, 0.29) is 6.10 Å². The molecule has 0 aliphatic carbocycles. The van der Waals surface area contributed by atoms with E-state index in [1.165, 1.54) is 0 Å². The van der Waals surface area contributed by atoms with Gasteiger partial charge in [0, 0.05) is 26.2 Å². The number of rotatable bonds is 2. The first-order valence-electron chi connectivity index (χ1n) is 3.68. The van der Waals surface area contributed by atoms with Crippen molar-refractivity contribution in [1.29, 1.82) is 0 Å². The second-order valence-corrected chi connectivity index (χ2v) is 2.68. The number of nitrogens with one attached hydrogen (secondary N) is 1. The van der Waals surface area contributed by atoms with Crippen LogP contribution in [0.3, 0.4) is 0 Å². The smallest absolute Gasteiger partial charge is 0.140 e. The topological polar surface area (TPSA) is 30.5 Å². The highest BCUT2D eigenvalue weighted by molar-refractivity contribution is 6.11. The van der Waals surface area contributed by atoms with Crippen molar-refractivity contribution in [3.63, 3.8) is 0 Å². The quantitative estimate of drug-likeness (QED) is 0.481. The summed E-state index contributed by atoms with van der Waals surface area (Å²) in [5.74, 6) is 0. The van der Waals surface area contributed by atoms with Gasteiger partial charge in [-0.2, -0.15) is 0 Å². The van der Waals surface area contributed by atoms with Crippen LogP contribution in [0.5, 0.6) is 0 Å². The molecular formula is C6H14BNO2. The van der Waals surface area contributed by atoms with E-state index in [9.17, 15) is 0 Å². The van der Waals surface area contributed by atoms with Gasteiger partial charge in [0.05, 0.1) is 12.7 Å². The molecule has 0 aromatic carbocycles. The molecule has 0 amide bonds. The largest absolute Gasteiger partial charge is 0.382 e. The summed E-state index contributed by atoms with van der Waals surface area (Å²) in [6.07, 6.45) is 0.244. The van der Waals surface area contributed by atoms with Gasteiger partial charge in [0.1, 0.15) is 7.85 Å². The van der Waals surface area contributed by atoms with Crippen LogP contribution in [-0.4, -0.2) is 46.8 Å². The van der Waals surface area contributed by atoms with Gasteiger partial charge < -0.3 is 14.8 Å². The SMILES string of the molecule is BC1CNCC(COC)O1. The average molecular weight is 143 g/mol. The van der Waals surface area contributed by atoms with Crippen molar-refractivity contribution in [2.24, 2.45) is 0 Å². The summed E-state index contributed by atoms with van der Waals surface area (Å²) in [6.45, 7) is 2.57. The van der Waals surface area contributed by atoms with Crippen molar-refractivity contribution >= 4 is 7.85 Å². The summed E-state index contributed by atoms with van der Waals surface area (Å²) < 4.78 is 10.5. The third kappa shape index (κ3) is 2.29. The zero-order valence-corrected chi connectivity index (χ0v) is 6.59. The van der Waals surface area contributed by atoms with Gasteiger partial charge in [0.25, 0.3) is 0 Å². The first kappa shape index (κ1) is 8.05. The van der Waals surface area contributed by atoms with Gasteiger partial charge in [-0.05, 0) is 0 Å². The standard InChI is InChI=1S/C6H14BNO2/c1-9-4-5-2-8-3-6(7)10-5/h5-6,8H,2-4,7H2,1H3. The summed E-state index contributed by atoms with van der Waals surface area (Å²) in [5, 5.41) is 3.26. The molecule has 4 heteroatoms. The van der Waals surface area contributed by atoms with Gasteiger partial charge >= 0.3 is 0 Å². The lowest BCUT2D eigenvalue weighted by Crippen LogP contribution is -2.46. The zero-order valence-electron chi connectivity index (χ0n) is 6.59. The fourth-order valence-corrected chi connectivity index (χ4v) is 1.16. The molecule has 1 heterocycles. The Hall–Kier alpha value is -0.0551. The van der Waals surface area contributed by atoms with E-state index in [2.05, 4.69) is 13.2 Å². The summed E-state index contributed by atoms with van der Waals surface area (Å²) in [4.78, 5) is 0. The second kappa shape index (κ2) is 3.96. The third-order valence-electron chi connectivity index (χ3n) is 1.58. The normalized spacial score (nSPS) is 34.1. The van der Waals surface area contributed by atoms with E-state index in [0.717, 1.165) is 13.1 Å². The molecular weight excluding hydrogens is 129 g/mol. The molecule has 1 rings (SSSR count). The van der Waals surface area contributed by atoms with Crippen LogP contribution in [0.25, 0.3) is 0 Å². The maximum Gasteiger partial charge on any atom is 0.140 e. The van der Waals surface area contributed by atoms with Crippen molar-refractivity contribution in [3.8, 4) is 0 Å². The van der Waals surface area contributed by atoms with Gasteiger partial charge in [-0.3, -0.25) is 0 Å². The number of hydrogen-bond donors (Lipinski definition) is 1. The van der Waals surface area contributed by atoms with Gasteiger partial charge in [-0.25, -0.2) is 0 Å². The molecule has 58 valence electrons. The van der Waals surface area contributed by atoms with Crippen LogP contribution in [0.15, 0.2) is 0 Å². The van der Waals surface area contributed by atoms with Crippen LogP contribution < -0.4 is 5.32 Å². The molecule has 0 aromatic heterocycles. The summed E-state index contributed by atoms with van der Waals surface area (Å²) in [7, 11) is 3.76. The molecule has 1 N–H and O–H groups in total. The highest BCUT2D eigenvalue weighted by Gasteiger charge is 2.17. The van der Waals surface area contributed by atoms with Crippen LogP contribution >= 0.6 is 0 Å². The number of morpholine rings is 1. The average Bonchev–Trinajstić information content (AvgIpc) is 1.88. The van der Waals surface area contributed by atoms with Crippen molar-refractivity contribution in [3.05, 3.63) is 0 Å². The Labute approximate surface area is 62.5 Å². The Morgan fingerprint density at radius 3 is 3.10 bits per heavy atom. The Balaban J connectivity index is 2.18. The van der Waals surface area contributed by atoms with Crippen LogP contribution in [0, 0.1) is 0 Å². The molecule has 2 unspecified atom stereocenters. The summed E-state index contributed by atoms with van der Waals surface area (Å²) in [6, 6.07) is 0.328. The van der Waals surface area contributed by atoms with E-state index >= 15 is 0 Å². The summed E-state index contributed by atoms with van der Waals surface area (Å²) >= 11 is 0. The molecule has 0 aromatic rings. The fraction of sp³-hybridized carbons (Fsp3) is 1.00. The Bertz CT molecular complexity index is 99.7. The molecule has 1 aliphatic heterocycles. The third-order valence-corrected chi connectivity index (χ3v) is 1.58. The molecule has 0 saturated carbocycles. The van der Waals surface area contributed by atoms with Gasteiger partial charge in [0.2, 0.25) is 0 Å². The van der Waals surface area contributed by atoms with Crippen molar-refractivity contribution in [2.45, 2.75) is 12.1 Å². The highest BCUT2D eigenvalue weighted by atomic mass is 16.5. The number of methoxy groups -OCH3 is 1. The minimum atomic E-state index is 0.244. The Kier molecular flexibility index (Phi) is 3.18. The van der Waals surface area contributed by atoms with Crippen LogP contribution in [-0.2, 0) is 9.47 Å². The van der Waals surface area contributed by atoms with Crippen LogP contribution in [0.2, 0.25) is 0 Å². The first-order valence-corrected chi connectivity index (χ1v) is 3.68. The molecule has 1 fully saturated rings. The molecule has 1 saturated heterocycles. The predicted octanol–water partition coefficient (Wildman–Crippen LogP) is -1.42. The van der Waals surface area contributed by atoms with Crippen molar-refractivity contribution in [1.82, 2.24) is 5.32 Å².